The number of benzene rings is 2. The Balaban J connectivity index is 1.84. The number of methoxy groups -OCH3 is 1. The van der Waals surface area contributed by atoms with Gasteiger partial charge in [0.15, 0.2) is 0 Å². The third kappa shape index (κ3) is 3.44. The monoisotopic (exact) mass is 351 g/mol. The van der Waals surface area contributed by atoms with Crippen molar-refractivity contribution in [2.24, 2.45) is 7.05 Å². The fraction of sp³-hybridized carbons (Fsp3) is 0.250. The largest absolute Gasteiger partial charge is 0.496 e. The van der Waals surface area contributed by atoms with Crippen LogP contribution in [0.25, 0.3) is 10.8 Å². The molecule has 1 N–H and O–H groups in total. The molecule has 3 rings (SSSR count). The lowest BCUT2D eigenvalue weighted by molar-refractivity contribution is -0.121. The lowest BCUT2D eigenvalue weighted by atomic mass is 10.1. The Bertz CT molecular complexity index is 1010. The quantitative estimate of drug-likeness (QED) is 0.766. The average molecular weight is 351 g/mol. The Hall–Kier alpha value is -3.15. The highest BCUT2D eigenvalue weighted by Crippen LogP contribution is 2.24. The topological polar surface area (TPSA) is 73.2 Å². The van der Waals surface area contributed by atoms with E-state index < -0.39 is 0 Å². The van der Waals surface area contributed by atoms with Crippen molar-refractivity contribution in [3.05, 3.63) is 70.1 Å². The van der Waals surface area contributed by atoms with Crippen LogP contribution in [0.3, 0.4) is 0 Å². The number of rotatable bonds is 5. The molecule has 0 aliphatic carbocycles. The first kappa shape index (κ1) is 17.7. The van der Waals surface area contributed by atoms with Crippen molar-refractivity contribution in [1.82, 2.24) is 15.1 Å². The Morgan fingerprint density at radius 3 is 2.54 bits per heavy atom. The van der Waals surface area contributed by atoms with E-state index in [0.29, 0.717) is 16.5 Å². The van der Waals surface area contributed by atoms with Crippen LogP contribution in [0.15, 0.2) is 53.3 Å². The number of hydrogen-bond donors (Lipinski definition) is 1. The van der Waals surface area contributed by atoms with Crippen LogP contribution in [-0.2, 0) is 18.3 Å². The molecule has 2 aromatic carbocycles. The van der Waals surface area contributed by atoms with Gasteiger partial charge < -0.3 is 10.1 Å². The first-order chi connectivity index (χ1) is 12.5. The highest BCUT2D eigenvalue weighted by molar-refractivity contribution is 5.88. The first-order valence-electron chi connectivity index (χ1n) is 8.38. The number of para-hydroxylation sites is 1. The van der Waals surface area contributed by atoms with Crippen LogP contribution in [0.5, 0.6) is 5.75 Å². The standard InChI is InChI=1S/C20H21N3O3/c1-13(14-8-6-7-11-18(14)26-3)21-19(24)12-17-15-9-4-5-10-16(15)20(25)23(2)22-17/h4-11,13H,12H2,1-3H3,(H,21,24). The molecule has 26 heavy (non-hydrogen) atoms. The molecule has 3 aromatic rings. The number of carbonyl (C=O) groups excluding carboxylic acids is 1. The van der Waals surface area contributed by atoms with Crippen molar-refractivity contribution in [2.75, 3.05) is 7.11 Å². The van der Waals surface area contributed by atoms with E-state index in [1.165, 1.54) is 4.68 Å². The van der Waals surface area contributed by atoms with Crippen LogP contribution in [0.4, 0.5) is 0 Å². The molecule has 1 heterocycles. The minimum absolute atomic E-state index is 0.0914. The number of ether oxygens (including phenoxy) is 1. The van der Waals surface area contributed by atoms with E-state index in [0.717, 1.165) is 11.3 Å². The van der Waals surface area contributed by atoms with Crippen LogP contribution < -0.4 is 15.6 Å². The third-order valence-electron chi connectivity index (χ3n) is 4.34. The Morgan fingerprint density at radius 1 is 1.15 bits per heavy atom. The van der Waals surface area contributed by atoms with Crippen LogP contribution in [0.2, 0.25) is 0 Å². The first-order valence-corrected chi connectivity index (χ1v) is 8.38. The molecule has 1 unspecified atom stereocenters. The maximum atomic E-state index is 12.6. The van der Waals surface area contributed by atoms with Gasteiger partial charge in [0, 0.05) is 18.0 Å². The van der Waals surface area contributed by atoms with Gasteiger partial charge in [0.2, 0.25) is 5.91 Å². The summed E-state index contributed by atoms with van der Waals surface area (Å²) in [4.78, 5) is 24.7. The van der Waals surface area contributed by atoms with Crippen molar-refractivity contribution >= 4 is 16.7 Å². The van der Waals surface area contributed by atoms with E-state index in [4.69, 9.17) is 4.74 Å². The predicted octanol–water partition coefficient (Wildman–Crippen LogP) is 2.36. The van der Waals surface area contributed by atoms with E-state index in [9.17, 15) is 9.59 Å². The summed E-state index contributed by atoms with van der Waals surface area (Å²) >= 11 is 0. The van der Waals surface area contributed by atoms with Crippen LogP contribution in [0.1, 0.15) is 24.2 Å². The van der Waals surface area contributed by atoms with Crippen molar-refractivity contribution in [2.45, 2.75) is 19.4 Å². The number of amides is 1. The maximum absolute atomic E-state index is 12.6. The second-order valence-corrected chi connectivity index (χ2v) is 6.13. The molecule has 1 amide bonds. The van der Waals surface area contributed by atoms with Gasteiger partial charge in [0.25, 0.3) is 5.56 Å². The summed E-state index contributed by atoms with van der Waals surface area (Å²) in [5, 5.41) is 8.51. The van der Waals surface area contributed by atoms with E-state index in [1.54, 1.807) is 26.3 Å². The number of fused-ring (bicyclic) bond motifs is 1. The molecule has 1 aromatic heterocycles. The van der Waals surface area contributed by atoms with Gasteiger partial charge in [-0.05, 0) is 19.1 Å². The SMILES string of the molecule is COc1ccccc1C(C)NC(=O)Cc1nn(C)c(=O)c2ccccc12. The van der Waals surface area contributed by atoms with E-state index in [-0.39, 0.29) is 23.9 Å². The predicted molar refractivity (Wildman–Crippen MR) is 100 cm³/mol. The molecule has 0 aliphatic rings. The van der Waals surface area contributed by atoms with E-state index >= 15 is 0 Å². The summed E-state index contributed by atoms with van der Waals surface area (Å²) in [6, 6.07) is 14.6. The molecular weight excluding hydrogens is 330 g/mol. The van der Waals surface area contributed by atoms with Crippen LogP contribution >= 0.6 is 0 Å². The van der Waals surface area contributed by atoms with Gasteiger partial charge in [-0.1, -0.05) is 36.4 Å². The maximum Gasteiger partial charge on any atom is 0.274 e. The number of nitrogens with one attached hydrogen (secondary N) is 1. The number of hydrogen-bond acceptors (Lipinski definition) is 4. The van der Waals surface area contributed by atoms with E-state index in [2.05, 4.69) is 10.4 Å². The molecule has 1 atom stereocenters. The van der Waals surface area contributed by atoms with Crippen LogP contribution in [-0.4, -0.2) is 22.8 Å². The lowest BCUT2D eigenvalue weighted by Gasteiger charge is -2.17. The molecule has 6 heteroatoms. The van der Waals surface area contributed by atoms with Crippen LogP contribution in [0, 0.1) is 0 Å². The summed E-state index contributed by atoms with van der Waals surface area (Å²) in [6.07, 6.45) is 0.0914. The fourth-order valence-electron chi connectivity index (χ4n) is 3.05. The van der Waals surface area contributed by atoms with Crippen molar-refractivity contribution in [3.63, 3.8) is 0 Å². The smallest absolute Gasteiger partial charge is 0.274 e. The summed E-state index contributed by atoms with van der Waals surface area (Å²) in [7, 11) is 3.20. The Kier molecular flexibility index (Phi) is 5.02. The number of nitrogens with zero attached hydrogens (tertiary/aromatic N) is 2. The summed E-state index contributed by atoms with van der Waals surface area (Å²) in [5.74, 6) is 0.561. The summed E-state index contributed by atoms with van der Waals surface area (Å²) in [6.45, 7) is 1.90. The minimum Gasteiger partial charge on any atom is -0.496 e. The normalized spacial score (nSPS) is 12.0. The van der Waals surface area contributed by atoms with Crippen molar-refractivity contribution in [3.8, 4) is 5.75 Å². The third-order valence-corrected chi connectivity index (χ3v) is 4.34. The summed E-state index contributed by atoms with van der Waals surface area (Å²) in [5.41, 5.74) is 1.31. The number of carbonyl (C=O) groups is 1. The molecule has 0 aliphatic heterocycles. The zero-order valence-corrected chi connectivity index (χ0v) is 15.0. The zero-order valence-electron chi connectivity index (χ0n) is 15.0. The molecule has 0 bridgehead atoms. The molecule has 0 spiro atoms. The van der Waals surface area contributed by atoms with Gasteiger partial charge in [0.05, 0.1) is 30.7 Å². The van der Waals surface area contributed by atoms with Gasteiger partial charge in [-0.2, -0.15) is 5.10 Å². The average Bonchev–Trinajstić information content (AvgIpc) is 2.65. The lowest BCUT2D eigenvalue weighted by Crippen LogP contribution is -2.30. The second kappa shape index (κ2) is 7.39. The van der Waals surface area contributed by atoms with Gasteiger partial charge in [-0.25, -0.2) is 4.68 Å². The van der Waals surface area contributed by atoms with Crippen molar-refractivity contribution < 1.29 is 9.53 Å². The second-order valence-electron chi connectivity index (χ2n) is 6.13. The molecule has 0 radical (unpaired) electrons. The molecule has 0 fully saturated rings. The summed E-state index contributed by atoms with van der Waals surface area (Å²) < 4.78 is 6.62. The Morgan fingerprint density at radius 2 is 1.81 bits per heavy atom. The Labute approximate surface area is 151 Å². The van der Waals surface area contributed by atoms with Crippen molar-refractivity contribution in [1.29, 1.82) is 0 Å². The number of aryl methyl sites for hydroxylation is 1. The molecule has 0 saturated heterocycles. The van der Waals surface area contributed by atoms with Gasteiger partial charge in [-0.3, -0.25) is 9.59 Å². The van der Waals surface area contributed by atoms with Gasteiger partial charge >= 0.3 is 0 Å². The molecular formula is C20H21N3O3. The zero-order chi connectivity index (χ0) is 18.7. The highest BCUT2D eigenvalue weighted by Gasteiger charge is 2.16. The number of aromatic nitrogens is 2. The van der Waals surface area contributed by atoms with E-state index in [1.807, 2.05) is 43.3 Å². The molecule has 134 valence electrons. The highest BCUT2D eigenvalue weighted by atomic mass is 16.5. The van der Waals surface area contributed by atoms with Gasteiger partial charge in [-0.15, -0.1) is 0 Å². The minimum atomic E-state index is -0.211. The molecule has 0 saturated carbocycles. The molecule has 6 nitrogen and oxygen atoms in total. The van der Waals surface area contributed by atoms with Gasteiger partial charge in [0.1, 0.15) is 5.75 Å². The fourth-order valence-corrected chi connectivity index (χ4v) is 3.05.